The van der Waals surface area contributed by atoms with Gasteiger partial charge in [-0.2, -0.15) is 0 Å². The number of aliphatic hydroxyl groups excluding tert-OH is 1. The molecule has 7 heteroatoms. The molecule has 1 aliphatic rings. The molecule has 2 rings (SSSR count). The summed E-state index contributed by atoms with van der Waals surface area (Å²) in [5, 5.41) is 19.9. The summed E-state index contributed by atoms with van der Waals surface area (Å²) in [4.78, 5) is 13.6. The van der Waals surface area contributed by atoms with Crippen molar-refractivity contribution < 1.29 is 9.90 Å². The summed E-state index contributed by atoms with van der Waals surface area (Å²) in [6.45, 7) is 5.86. The van der Waals surface area contributed by atoms with Crippen LogP contribution in [0.1, 0.15) is 16.5 Å². The zero-order chi connectivity index (χ0) is 13.0. The molecule has 1 amide bonds. The molecule has 0 aromatic carbocycles. The Hall–Kier alpha value is -1.73. The summed E-state index contributed by atoms with van der Waals surface area (Å²) in [6, 6.07) is 0.282. The topological polar surface area (TPSA) is 83.3 Å². The number of aromatic nitrogens is 3. The van der Waals surface area contributed by atoms with Crippen molar-refractivity contribution in [1.29, 1.82) is 0 Å². The molecule has 0 aliphatic carbocycles. The van der Waals surface area contributed by atoms with Crippen molar-refractivity contribution in [3.8, 4) is 0 Å². The van der Waals surface area contributed by atoms with Gasteiger partial charge in [-0.1, -0.05) is 11.3 Å². The molecule has 18 heavy (non-hydrogen) atoms. The number of hydrogen-bond acceptors (Lipinski definition) is 5. The predicted molar refractivity (Wildman–Crippen MR) is 65.1 cm³/mol. The first-order valence-electron chi connectivity index (χ1n) is 5.90. The minimum absolute atomic E-state index is 0.0831. The SMILES string of the molecule is C=CCN(CCO)C(=O)c1cn(C2CNC2)nn1. The van der Waals surface area contributed by atoms with Crippen molar-refractivity contribution in [2.24, 2.45) is 0 Å². The van der Waals surface area contributed by atoms with E-state index < -0.39 is 0 Å². The first-order chi connectivity index (χ1) is 8.76. The zero-order valence-corrected chi connectivity index (χ0v) is 10.1. The summed E-state index contributed by atoms with van der Waals surface area (Å²) < 4.78 is 1.70. The van der Waals surface area contributed by atoms with Gasteiger partial charge >= 0.3 is 0 Å². The van der Waals surface area contributed by atoms with Gasteiger partial charge in [0.1, 0.15) is 0 Å². The summed E-state index contributed by atoms with van der Waals surface area (Å²) in [5.74, 6) is -0.234. The standard InChI is InChI=1S/C11H17N5O2/c1-2-3-15(4-5-17)11(18)10-8-16(14-13-10)9-6-12-7-9/h2,8-9,12,17H,1,3-7H2. The van der Waals surface area contributed by atoms with Gasteiger partial charge in [0.15, 0.2) is 5.69 Å². The Bertz CT molecular complexity index is 427. The molecule has 0 unspecified atom stereocenters. The molecule has 0 saturated carbocycles. The fourth-order valence-electron chi connectivity index (χ4n) is 1.73. The van der Waals surface area contributed by atoms with E-state index in [2.05, 4.69) is 22.2 Å². The molecule has 1 saturated heterocycles. The Balaban J connectivity index is 2.05. The Morgan fingerprint density at radius 3 is 3.06 bits per heavy atom. The summed E-state index contributed by atoms with van der Waals surface area (Å²) in [7, 11) is 0. The fourth-order valence-corrected chi connectivity index (χ4v) is 1.73. The van der Waals surface area contributed by atoms with Crippen LogP contribution in [0.3, 0.4) is 0 Å². The molecule has 0 bridgehead atoms. The van der Waals surface area contributed by atoms with Crippen LogP contribution in [0.4, 0.5) is 0 Å². The van der Waals surface area contributed by atoms with E-state index in [1.807, 2.05) is 0 Å². The van der Waals surface area contributed by atoms with Gasteiger partial charge in [0.25, 0.3) is 5.91 Å². The maximum Gasteiger partial charge on any atom is 0.276 e. The van der Waals surface area contributed by atoms with Gasteiger partial charge in [-0.3, -0.25) is 4.79 Å². The molecule has 0 radical (unpaired) electrons. The number of nitrogens with one attached hydrogen (secondary N) is 1. The van der Waals surface area contributed by atoms with E-state index in [1.165, 1.54) is 4.90 Å². The lowest BCUT2D eigenvalue weighted by Gasteiger charge is -2.26. The summed E-state index contributed by atoms with van der Waals surface area (Å²) in [6.07, 6.45) is 3.27. The smallest absolute Gasteiger partial charge is 0.276 e. The van der Waals surface area contributed by atoms with Crippen LogP contribution in [0.15, 0.2) is 18.9 Å². The molecule has 1 aromatic rings. The van der Waals surface area contributed by atoms with Crippen LogP contribution < -0.4 is 5.32 Å². The van der Waals surface area contributed by atoms with Gasteiger partial charge in [-0.05, 0) is 0 Å². The maximum atomic E-state index is 12.1. The second-order valence-corrected chi connectivity index (χ2v) is 4.16. The molecule has 0 spiro atoms. The first kappa shape index (κ1) is 12.7. The Kier molecular flexibility index (Phi) is 4.06. The number of carbonyl (C=O) groups is 1. The normalized spacial score (nSPS) is 15.2. The van der Waals surface area contributed by atoms with Crippen molar-refractivity contribution >= 4 is 5.91 Å². The van der Waals surface area contributed by atoms with Crippen LogP contribution >= 0.6 is 0 Å². The van der Waals surface area contributed by atoms with Crippen molar-refractivity contribution in [1.82, 2.24) is 25.2 Å². The van der Waals surface area contributed by atoms with Crippen molar-refractivity contribution in [2.45, 2.75) is 6.04 Å². The molecule has 1 aromatic heterocycles. The van der Waals surface area contributed by atoms with Crippen LogP contribution in [0.2, 0.25) is 0 Å². The van der Waals surface area contributed by atoms with E-state index in [1.54, 1.807) is 17.0 Å². The number of aliphatic hydroxyl groups is 1. The molecule has 0 atom stereocenters. The molecule has 2 heterocycles. The minimum Gasteiger partial charge on any atom is -0.395 e. The molecule has 1 aliphatic heterocycles. The average molecular weight is 251 g/mol. The van der Waals surface area contributed by atoms with Gasteiger partial charge in [0, 0.05) is 26.2 Å². The second-order valence-electron chi connectivity index (χ2n) is 4.16. The van der Waals surface area contributed by atoms with Crippen LogP contribution in [0.25, 0.3) is 0 Å². The van der Waals surface area contributed by atoms with Crippen LogP contribution in [-0.2, 0) is 0 Å². The average Bonchev–Trinajstić information content (AvgIpc) is 2.75. The molecule has 98 valence electrons. The van der Waals surface area contributed by atoms with E-state index in [0.29, 0.717) is 12.2 Å². The van der Waals surface area contributed by atoms with Gasteiger partial charge in [0.05, 0.1) is 18.8 Å². The van der Waals surface area contributed by atoms with E-state index in [-0.39, 0.29) is 25.1 Å². The number of amides is 1. The lowest BCUT2D eigenvalue weighted by atomic mass is 10.2. The van der Waals surface area contributed by atoms with Crippen LogP contribution in [0, 0.1) is 0 Å². The fraction of sp³-hybridized carbons (Fsp3) is 0.545. The van der Waals surface area contributed by atoms with E-state index in [9.17, 15) is 4.79 Å². The zero-order valence-electron chi connectivity index (χ0n) is 10.1. The van der Waals surface area contributed by atoms with Crippen LogP contribution in [-0.4, -0.2) is 63.7 Å². The van der Waals surface area contributed by atoms with E-state index >= 15 is 0 Å². The quantitative estimate of drug-likeness (QED) is 0.636. The number of nitrogens with zero attached hydrogens (tertiary/aromatic N) is 4. The maximum absolute atomic E-state index is 12.1. The number of carbonyl (C=O) groups excluding carboxylic acids is 1. The van der Waals surface area contributed by atoms with Crippen LogP contribution in [0.5, 0.6) is 0 Å². The number of hydrogen-bond donors (Lipinski definition) is 2. The third-order valence-corrected chi connectivity index (χ3v) is 2.87. The van der Waals surface area contributed by atoms with E-state index in [4.69, 9.17) is 5.11 Å². The largest absolute Gasteiger partial charge is 0.395 e. The number of rotatable bonds is 6. The Morgan fingerprint density at radius 2 is 2.50 bits per heavy atom. The van der Waals surface area contributed by atoms with Crippen molar-refractivity contribution in [2.75, 3.05) is 32.8 Å². The molecular formula is C11H17N5O2. The third-order valence-electron chi connectivity index (χ3n) is 2.87. The Morgan fingerprint density at radius 1 is 1.72 bits per heavy atom. The van der Waals surface area contributed by atoms with Gasteiger partial charge in [-0.25, -0.2) is 4.68 Å². The van der Waals surface area contributed by atoms with Gasteiger partial charge in [0.2, 0.25) is 0 Å². The minimum atomic E-state index is -0.234. The van der Waals surface area contributed by atoms with Crippen molar-refractivity contribution in [3.05, 3.63) is 24.5 Å². The summed E-state index contributed by atoms with van der Waals surface area (Å²) >= 11 is 0. The first-order valence-corrected chi connectivity index (χ1v) is 5.90. The van der Waals surface area contributed by atoms with Crippen molar-refractivity contribution in [3.63, 3.8) is 0 Å². The molecule has 2 N–H and O–H groups in total. The predicted octanol–water partition coefficient (Wildman–Crippen LogP) is -0.957. The van der Waals surface area contributed by atoms with E-state index in [0.717, 1.165) is 13.1 Å². The highest BCUT2D eigenvalue weighted by atomic mass is 16.3. The highest BCUT2D eigenvalue weighted by Crippen LogP contribution is 2.10. The lowest BCUT2D eigenvalue weighted by Crippen LogP contribution is -2.43. The lowest BCUT2D eigenvalue weighted by molar-refractivity contribution is 0.0737. The van der Waals surface area contributed by atoms with Gasteiger partial charge in [-0.15, -0.1) is 11.7 Å². The van der Waals surface area contributed by atoms with Gasteiger partial charge < -0.3 is 15.3 Å². The molecule has 7 nitrogen and oxygen atoms in total. The Labute approximate surface area is 105 Å². The monoisotopic (exact) mass is 251 g/mol. The molecule has 1 fully saturated rings. The third kappa shape index (κ3) is 2.57. The summed E-state index contributed by atoms with van der Waals surface area (Å²) in [5.41, 5.74) is 0.303. The highest BCUT2D eigenvalue weighted by molar-refractivity contribution is 5.92. The highest BCUT2D eigenvalue weighted by Gasteiger charge is 2.23. The second kappa shape index (κ2) is 5.74. The molecular weight excluding hydrogens is 234 g/mol.